The molecule has 5 heterocycles. The van der Waals surface area contributed by atoms with Crippen molar-refractivity contribution in [2.75, 3.05) is 51.5 Å². The average Bonchev–Trinajstić information content (AvgIpc) is 3.61. The molecule has 1 aliphatic carbocycles. The molecule has 0 radical (unpaired) electrons. The number of β-amino-alcohol motifs (C(OH)–C–C–N with tert-alkyl or cyclic N) is 1. The van der Waals surface area contributed by atoms with Gasteiger partial charge in [0, 0.05) is 29.0 Å². The summed E-state index contributed by atoms with van der Waals surface area (Å²) < 4.78 is 34.8. The minimum absolute atomic E-state index is 0.00637. The largest absolute Gasteiger partial charge is 0.480 e. The first-order valence-corrected chi connectivity index (χ1v) is 15.6. The second kappa shape index (κ2) is 11.2. The first kappa shape index (κ1) is 29.4. The quantitative estimate of drug-likeness (QED) is 0.280. The van der Waals surface area contributed by atoms with Gasteiger partial charge in [-0.2, -0.15) is 15.1 Å². The van der Waals surface area contributed by atoms with Gasteiger partial charge in [-0.1, -0.05) is 18.0 Å². The number of aliphatic hydroxyl groups is 1. The molecule has 3 aromatic heterocycles. The maximum atomic E-state index is 16.9. The highest BCUT2D eigenvalue weighted by Crippen LogP contribution is 2.46. The predicted molar refractivity (Wildman–Crippen MR) is 165 cm³/mol. The summed E-state index contributed by atoms with van der Waals surface area (Å²) in [6.45, 7) is 6.08. The van der Waals surface area contributed by atoms with Gasteiger partial charge in [0.25, 0.3) is 0 Å². The maximum Gasteiger partial charge on any atom is 0.319 e. The maximum absolute atomic E-state index is 16.9. The van der Waals surface area contributed by atoms with Crippen LogP contribution in [0.2, 0.25) is 5.02 Å². The highest BCUT2D eigenvalue weighted by Gasteiger charge is 2.45. The Bertz CT molecular complexity index is 1730. The molecule has 1 saturated carbocycles. The number of aromatic nitrogens is 5. The third kappa shape index (κ3) is 5.01. The lowest BCUT2D eigenvalue weighted by Gasteiger charge is -2.39. The van der Waals surface area contributed by atoms with Crippen LogP contribution in [0.1, 0.15) is 44.6 Å². The molecular weight excluding hydrogens is 589 g/mol. The molecule has 1 aromatic carbocycles. The molecule has 7 rings (SSSR count). The van der Waals surface area contributed by atoms with Crippen LogP contribution in [0.25, 0.3) is 33.1 Å². The van der Waals surface area contributed by atoms with E-state index < -0.39 is 11.4 Å². The summed E-state index contributed by atoms with van der Waals surface area (Å²) in [6.07, 6.45) is 7.03. The highest BCUT2D eigenvalue weighted by atomic mass is 35.5. The smallest absolute Gasteiger partial charge is 0.319 e. The van der Waals surface area contributed by atoms with Gasteiger partial charge in [0.2, 0.25) is 5.88 Å². The fourth-order valence-electron chi connectivity index (χ4n) is 7.25. The Morgan fingerprint density at radius 3 is 2.93 bits per heavy atom. The van der Waals surface area contributed by atoms with E-state index in [0.29, 0.717) is 53.1 Å². The summed E-state index contributed by atoms with van der Waals surface area (Å²) in [4.78, 5) is 16.0. The third-order valence-corrected chi connectivity index (χ3v) is 9.88. The van der Waals surface area contributed by atoms with Crippen molar-refractivity contribution in [2.45, 2.75) is 57.6 Å². The Kier molecular flexibility index (Phi) is 7.51. The number of anilines is 1. The number of halogens is 2. The first-order chi connectivity index (χ1) is 21.2. The molecule has 11 nitrogen and oxygen atoms in total. The van der Waals surface area contributed by atoms with Gasteiger partial charge in [-0.3, -0.25) is 5.10 Å². The number of pyridine rings is 1. The standard InChI is InChI=1S/C31H37ClFN7O4/c1-17-12-19-18(13-35-39-19)21(23(17)32)25-24(33)26-22(28(36-25)42-3)27(40-10-11-43-15-30(2,41)14-40)38-29(37-26)44-16-31-7-4-6-20(31)34-9-5-8-31/h12-13,20,34,41H,4-11,14-16H2,1-3H3,(H,35,39)/t20-,30?,31-/m1/s1. The van der Waals surface area contributed by atoms with Gasteiger partial charge in [0.15, 0.2) is 5.82 Å². The molecule has 3 atom stereocenters. The molecule has 0 spiro atoms. The van der Waals surface area contributed by atoms with E-state index in [0.717, 1.165) is 44.2 Å². The lowest BCUT2D eigenvalue weighted by Crippen LogP contribution is -2.49. The zero-order valence-corrected chi connectivity index (χ0v) is 25.9. The molecule has 234 valence electrons. The topological polar surface area (TPSA) is 131 Å². The molecule has 4 aromatic rings. The number of aromatic amines is 1. The summed E-state index contributed by atoms with van der Waals surface area (Å²) in [5.74, 6) is -0.196. The van der Waals surface area contributed by atoms with E-state index in [1.54, 1.807) is 13.1 Å². The number of nitrogens with zero attached hydrogens (tertiary/aromatic N) is 5. The summed E-state index contributed by atoms with van der Waals surface area (Å²) in [5.41, 5.74) is 0.633. The second-order valence-electron chi connectivity index (χ2n) is 12.7. The van der Waals surface area contributed by atoms with E-state index in [2.05, 4.69) is 25.5 Å². The molecular formula is C31H37ClFN7O4. The number of H-pyrrole nitrogens is 1. The van der Waals surface area contributed by atoms with Crippen molar-refractivity contribution >= 4 is 39.2 Å². The van der Waals surface area contributed by atoms with Gasteiger partial charge in [0.1, 0.15) is 28.0 Å². The van der Waals surface area contributed by atoms with Crippen molar-refractivity contribution < 1.29 is 23.7 Å². The molecule has 0 amide bonds. The van der Waals surface area contributed by atoms with E-state index in [4.69, 9.17) is 30.8 Å². The Labute approximate surface area is 259 Å². The number of nitrogens with one attached hydrogen (secondary N) is 2. The van der Waals surface area contributed by atoms with Gasteiger partial charge in [-0.15, -0.1) is 0 Å². The number of benzene rings is 1. The average molecular weight is 626 g/mol. The Hall–Kier alpha value is -3.32. The van der Waals surface area contributed by atoms with Crippen LogP contribution in [0.15, 0.2) is 12.3 Å². The summed E-state index contributed by atoms with van der Waals surface area (Å²) >= 11 is 6.80. The lowest BCUT2D eigenvalue weighted by atomic mass is 9.76. The molecule has 44 heavy (non-hydrogen) atoms. The van der Waals surface area contributed by atoms with Crippen molar-refractivity contribution in [3.05, 3.63) is 28.7 Å². The number of hydrogen-bond donors (Lipinski definition) is 3. The minimum Gasteiger partial charge on any atom is -0.480 e. The van der Waals surface area contributed by atoms with Crippen LogP contribution >= 0.6 is 11.6 Å². The number of aryl methyl sites for hydroxylation is 1. The number of methoxy groups -OCH3 is 1. The van der Waals surface area contributed by atoms with Crippen LogP contribution in [-0.4, -0.2) is 88.5 Å². The Balaban J connectivity index is 1.42. The van der Waals surface area contributed by atoms with Gasteiger partial charge in [-0.05, 0) is 57.7 Å². The van der Waals surface area contributed by atoms with Crippen LogP contribution in [0, 0.1) is 18.2 Å². The van der Waals surface area contributed by atoms with E-state index >= 15 is 4.39 Å². The van der Waals surface area contributed by atoms with Crippen molar-refractivity contribution in [3.63, 3.8) is 0 Å². The van der Waals surface area contributed by atoms with E-state index in [1.807, 2.05) is 17.9 Å². The molecule has 3 aliphatic rings. The van der Waals surface area contributed by atoms with E-state index in [1.165, 1.54) is 7.11 Å². The molecule has 13 heteroatoms. The van der Waals surface area contributed by atoms with E-state index in [9.17, 15) is 5.11 Å². The fraction of sp³-hybridized carbons (Fsp3) is 0.548. The summed E-state index contributed by atoms with van der Waals surface area (Å²) in [5, 5.41) is 23.0. The molecule has 2 saturated heterocycles. The normalized spacial score (nSPS) is 25.8. The van der Waals surface area contributed by atoms with Crippen molar-refractivity contribution in [1.29, 1.82) is 0 Å². The van der Waals surface area contributed by atoms with Crippen LogP contribution in [0.5, 0.6) is 11.9 Å². The lowest BCUT2D eigenvalue weighted by molar-refractivity contribution is -0.0123. The van der Waals surface area contributed by atoms with Crippen LogP contribution in [0.3, 0.4) is 0 Å². The van der Waals surface area contributed by atoms with Gasteiger partial charge < -0.3 is 29.5 Å². The fourth-order valence-corrected chi connectivity index (χ4v) is 7.50. The predicted octanol–water partition coefficient (Wildman–Crippen LogP) is 4.57. The number of fused-ring (bicyclic) bond motifs is 3. The number of hydrogen-bond acceptors (Lipinski definition) is 10. The number of piperidine rings is 1. The van der Waals surface area contributed by atoms with Gasteiger partial charge >= 0.3 is 6.01 Å². The third-order valence-electron chi connectivity index (χ3n) is 9.39. The Morgan fingerprint density at radius 1 is 1.25 bits per heavy atom. The molecule has 2 aliphatic heterocycles. The number of rotatable bonds is 6. The summed E-state index contributed by atoms with van der Waals surface area (Å²) in [6, 6.07) is 2.30. The molecule has 3 N–H and O–H groups in total. The zero-order valence-electron chi connectivity index (χ0n) is 25.2. The number of ether oxygens (including phenoxy) is 3. The van der Waals surface area contributed by atoms with Crippen molar-refractivity contribution in [1.82, 2.24) is 30.5 Å². The molecule has 0 bridgehead atoms. The van der Waals surface area contributed by atoms with Crippen molar-refractivity contribution in [2.24, 2.45) is 5.41 Å². The summed E-state index contributed by atoms with van der Waals surface area (Å²) in [7, 11) is 1.47. The SMILES string of the molecule is COc1nc(-c2c(Cl)c(C)cc3[nH]ncc23)c(F)c2nc(OC[C@@]34CCCN[C@@H]3CCC4)nc(N3CCOCC(C)(O)C3)c12. The second-order valence-corrected chi connectivity index (χ2v) is 13.1. The highest BCUT2D eigenvalue weighted by molar-refractivity contribution is 6.35. The van der Waals surface area contributed by atoms with Crippen LogP contribution in [0.4, 0.5) is 10.2 Å². The van der Waals surface area contributed by atoms with Crippen LogP contribution < -0.4 is 19.7 Å². The van der Waals surface area contributed by atoms with Gasteiger partial charge in [0.05, 0.1) is 50.2 Å². The van der Waals surface area contributed by atoms with Crippen LogP contribution in [-0.2, 0) is 4.74 Å². The molecule has 3 fully saturated rings. The zero-order chi connectivity index (χ0) is 30.6. The van der Waals surface area contributed by atoms with Gasteiger partial charge in [-0.25, -0.2) is 9.37 Å². The monoisotopic (exact) mass is 625 g/mol. The Morgan fingerprint density at radius 2 is 2.09 bits per heavy atom. The minimum atomic E-state index is -1.17. The van der Waals surface area contributed by atoms with Crippen molar-refractivity contribution in [3.8, 4) is 23.1 Å². The van der Waals surface area contributed by atoms with E-state index in [-0.39, 0.29) is 47.1 Å². The first-order valence-electron chi connectivity index (χ1n) is 15.2. The molecule has 1 unspecified atom stereocenters.